The molecule has 4 rings (SSSR count). The zero-order valence-corrected chi connectivity index (χ0v) is 23.3. The first-order valence-electron chi connectivity index (χ1n) is 12.6. The van der Waals surface area contributed by atoms with E-state index in [9.17, 15) is 22.8 Å². The molecule has 2 N–H and O–H groups in total. The lowest BCUT2D eigenvalue weighted by Gasteiger charge is -2.34. The SMILES string of the molecule is CC(=O)NC1CCN(CC2CCCN2C(=O)CN2CCCC(NS(=O)(=O)/C=C/c3ccc(Cl)s3)C2=O)C1. The summed E-state index contributed by atoms with van der Waals surface area (Å²) in [6.07, 6.45) is 5.16. The van der Waals surface area contributed by atoms with Gasteiger partial charge in [0.25, 0.3) is 0 Å². The fraction of sp³-hybridized carbons (Fsp3) is 0.625. The standard InChI is InChI=1S/C24H34ClN5O5S2/c1-17(31)26-18-8-12-28(14-18)15-19-4-2-11-30(19)23(32)16-29-10-3-5-21(24(29)33)27-37(34,35)13-9-20-6-7-22(25)36-20/h6-7,9,13,18-19,21,27H,2-5,8,10-12,14-16H2,1H3,(H,26,31)/b13-9+. The van der Waals surface area contributed by atoms with Crippen LogP contribution >= 0.6 is 22.9 Å². The predicted molar refractivity (Wildman–Crippen MR) is 143 cm³/mol. The monoisotopic (exact) mass is 571 g/mol. The van der Waals surface area contributed by atoms with Crippen LogP contribution in [0.4, 0.5) is 0 Å². The minimum absolute atomic E-state index is 0.0280. The van der Waals surface area contributed by atoms with Crippen molar-refractivity contribution < 1.29 is 22.8 Å². The van der Waals surface area contributed by atoms with E-state index in [1.165, 1.54) is 29.2 Å². The van der Waals surface area contributed by atoms with E-state index in [4.69, 9.17) is 11.6 Å². The molecule has 13 heteroatoms. The number of amides is 3. The molecule has 3 saturated heterocycles. The van der Waals surface area contributed by atoms with Crippen LogP contribution in [0.3, 0.4) is 0 Å². The number of sulfonamides is 1. The molecule has 3 aliphatic heterocycles. The van der Waals surface area contributed by atoms with Crippen LogP contribution in [0.1, 0.15) is 43.9 Å². The van der Waals surface area contributed by atoms with Crippen LogP contribution in [0.15, 0.2) is 17.5 Å². The zero-order valence-electron chi connectivity index (χ0n) is 20.9. The quantitative estimate of drug-likeness (QED) is 0.463. The third-order valence-corrected chi connectivity index (χ3v) is 9.32. The Morgan fingerprint density at radius 3 is 2.68 bits per heavy atom. The summed E-state index contributed by atoms with van der Waals surface area (Å²) in [5.41, 5.74) is 0. The van der Waals surface area contributed by atoms with Gasteiger partial charge in [-0.25, -0.2) is 8.42 Å². The maximum atomic E-state index is 13.2. The third-order valence-electron chi connectivity index (χ3n) is 7.01. The van der Waals surface area contributed by atoms with Crippen molar-refractivity contribution in [2.45, 2.75) is 57.2 Å². The fourth-order valence-electron chi connectivity index (χ4n) is 5.33. The van der Waals surface area contributed by atoms with Gasteiger partial charge < -0.3 is 15.1 Å². The Labute approximate surface area is 227 Å². The molecule has 4 heterocycles. The van der Waals surface area contributed by atoms with E-state index in [1.807, 2.05) is 4.90 Å². The Morgan fingerprint density at radius 2 is 1.95 bits per heavy atom. The number of hydrogen-bond acceptors (Lipinski definition) is 7. The van der Waals surface area contributed by atoms with Gasteiger partial charge in [-0.05, 0) is 50.3 Å². The molecular weight excluding hydrogens is 538 g/mol. The van der Waals surface area contributed by atoms with Crippen LogP contribution in [0, 0.1) is 0 Å². The molecule has 3 unspecified atom stereocenters. The highest BCUT2D eigenvalue weighted by Crippen LogP contribution is 2.24. The van der Waals surface area contributed by atoms with Crippen molar-refractivity contribution in [3.05, 3.63) is 26.8 Å². The number of thiophene rings is 1. The van der Waals surface area contributed by atoms with Gasteiger partial charge in [-0.2, -0.15) is 4.72 Å². The summed E-state index contributed by atoms with van der Waals surface area (Å²) in [6, 6.07) is 2.73. The van der Waals surface area contributed by atoms with Crippen LogP contribution in [0.2, 0.25) is 4.34 Å². The number of carbonyl (C=O) groups is 3. The molecule has 10 nitrogen and oxygen atoms in total. The zero-order chi connectivity index (χ0) is 26.6. The third kappa shape index (κ3) is 7.76. The Hall–Kier alpha value is -1.99. The lowest BCUT2D eigenvalue weighted by atomic mass is 10.1. The van der Waals surface area contributed by atoms with E-state index in [0.29, 0.717) is 35.1 Å². The van der Waals surface area contributed by atoms with E-state index in [-0.39, 0.29) is 36.3 Å². The average Bonchev–Trinajstić information content (AvgIpc) is 3.57. The van der Waals surface area contributed by atoms with Crippen molar-refractivity contribution in [1.82, 2.24) is 24.7 Å². The molecular formula is C24H34ClN5O5S2. The van der Waals surface area contributed by atoms with Gasteiger partial charge in [-0.1, -0.05) is 11.6 Å². The van der Waals surface area contributed by atoms with Gasteiger partial charge in [0, 0.05) is 62.0 Å². The second kappa shape index (κ2) is 12.2. The van der Waals surface area contributed by atoms with E-state index >= 15 is 0 Å². The average molecular weight is 572 g/mol. The molecule has 0 aliphatic carbocycles. The van der Waals surface area contributed by atoms with Crippen LogP contribution < -0.4 is 10.0 Å². The molecule has 1 aromatic heterocycles. The molecule has 37 heavy (non-hydrogen) atoms. The summed E-state index contributed by atoms with van der Waals surface area (Å²) in [4.78, 5) is 43.9. The van der Waals surface area contributed by atoms with Crippen molar-refractivity contribution in [2.75, 3.05) is 39.3 Å². The molecule has 1 aromatic rings. The van der Waals surface area contributed by atoms with E-state index in [2.05, 4.69) is 14.9 Å². The van der Waals surface area contributed by atoms with Crippen LogP contribution in [0.25, 0.3) is 6.08 Å². The van der Waals surface area contributed by atoms with Gasteiger partial charge in [0.05, 0.1) is 10.9 Å². The Balaban J connectivity index is 1.30. The minimum atomic E-state index is -3.85. The van der Waals surface area contributed by atoms with Crippen LogP contribution in [-0.2, 0) is 24.4 Å². The molecule has 0 aromatic carbocycles. The molecule has 3 atom stereocenters. The molecule has 3 fully saturated rings. The minimum Gasteiger partial charge on any atom is -0.352 e. The van der Waals surface area contributed by atoms with Crippen molar-refractivity contribution in [2.24, 2.45) is 0 Å². The van der Waals surface area contributed by atoms with Gasteiger partial charge in [0.2, 0.25) is 27.7 Å². The Bertz CT molecular complexity index is 1140. The van der Waals surface area contributed by atoms with Gasteiger partial charge in [-0.15, -0.1) is 11.3 Å². The number of piperidine rings is 1. The lowest BCUT2D eigenvalue weighted by Crippen LogP contribution is -2.55. The topological polar surface area (TPSA) is 119 Å². The van der Waals surface area contributed by atoms with Crippen molar-refractivity contribution in [3.8, 4) is 0 Å². The van der Waals surface area contributed by atoms with Crippen molar-refractivity contribution in [3.63, 3.8) is 0 Å². The second-order valence-corrected chi connectivity index (χ2v) is 13.2. The Kier molecular flexibility index (Phi) is 9.28. The first-order chi connectivity index (χ1) is 17.6. The summed E-state index contributed by atoms with van der Waals surface area (Å²) in [6.45, 7) is 4.96. The van der Waals surface area contributed by atoms with E-state index < -0.39 is 16.1 Å². The largest absolute Gasteiger partial charge is 0.352 e. The summed E-state index contributed by atoms with van der Waals surface area (Å²) in [7, 11) is -3.85. The number of likely N-dealkylation sites (tertiary alicyclic amines) is 3. The first-order valence-corrected chi connectivity index (χ1v) is 15.4. The highest BCUT2D eigenvalue weighted by molar-refractivity contribution is 7.92. The normalized spacial score (nSPS) is 25.4. The van der Waals surface area contributed by atoms with Crippen molar-refractivity contribution >= 4 is 56.8 Å². The molecule has 0 bridgehead atoms. The number of nitrogens with zero attached hydrogens (tertiary/aromatic N) is 3. The van der Waals surface area contributed by atoms with Gasteiger partial charge in [0.1, 0.15) is 6.04 Å². The summed E-state index contributed by atoms with van der Waals surface area (Å²) in [5, 5.41) is 4.00. The second-order valence-electron chi connectivity index (χ2n) is 9.89. The number of nitrogens with one attached hydrogen (secondary N) is 2. The molecule has 0 saturated carbocycles. The van der Waals surface area contributed by atoms with Crippen LogP contribution in [-0.4, -0.2) is 98.2 Å². The van der Waals surface area contributed by atoms with Crippen LogP contribution in [0.5, 0.6) is 0 Å². The maximum Gasteiger partial charge on any atom is 0.242 e. The van der Waals surface area contributed by atoms with Gasteiger partial charge >= 0.3 is 0 Å². The van der Waals surface area contributed by atoms with Crippen molar-refractivity contribution in [1.29, 1.82) is 0 Å². The molecule has 3 amide bonds. The molecule has 0 spiro atoms. The first kappa shape index (κ1) is 28.0. The number of carbonyl (C=O) groups excluding carboxylic acids is 3. The maximum absolute atomic E-state index is 13.2. The number of hydrogen-bond donors (Lipinski definition) is 2. The van der Waals surface area contributed by atoms with E-state index in [0.717, 1.165) is 44.3 Å². The predicted octanol–water partition coefficient (Wildman–Crippen LogP) is 1.48. The highest BCUT2D eigenvalue weighted by Gasteiger charge is 2.36. The summed E-state index contributed by atoms with van der Waals surface area (Å²) in [5.74, 6) is -0.504. The lowest BCUT2D eigenvalue weighted by molar-refractivity contribution is -0.143. The smallest absolute Gasteiger partial charge is 0.242 e. The number of rotatable bonds is 9. The summed E-state index contributed by atoms with van der Waals surface area (Å²) >= 11 is 7.14. The number of halogens is 1. The molecule has 0 radical (unpaired) electrons. The molecule has 3 aliphatic rings. The Morgan fingerprint density at radius 1 is 1.16 bits per heavy atom. The fourth-order valence-corrected chi connectivity index (χ4v) is 7.40. The molecule has 204 valence electrons. The highest BCUT2D eigenvalue weighted by atomic mass is 35.5. The van der Waals surface area contributed by atoms with E-state index in [1.54, 1.807) is 12.1 Å². The van der Waals surface area contributed by atoms with Gasteiger partial charge in [-0.3, -0.25) is 19.3 Å². The summed E-state index contributed by atoms with van der Waals surface area (Å²) < 4.78 is 28.1. The van der Waals surface area contributed by atoms with Gasteiger partial charge in [0.15, 0.2) is 0 Å².